The van der Waals surface area contributed by atoms with E-state index in [4.69, 9.17) is 10.8 Å². The highest BCUT2D eigenvalue weighted by atomic mass is 16.6. The molecule has 8 heteroatoms. The van der Waals surface area contributed by atoms with Crippen molar-refractivity contribution in [3.63, 3.8) is 0 Å². The van der Waals surface area contributed by atoms with Crippen molar-refractivity contribution in [1.29, 1.82) is 0 Å². The van der Waals surface area contributed by atoms with E-state index in [0.717, 1.165) is 6.07 Å². The minimum atomic E-state index is -1.55. The van der Waals surface area contributed by atoms with E-state index in [9.17, 15) is 19.7 Å². The molecular weight excluding hydrogens is 290 g/mol. The van der Waals surface area contributed by atoms with Crippen LogP contribution in [0.15, 0.2) is 42.5 Å². The van der Waals surface area contributed by atoms with Crippen LogP contribution in [0.5, 0.6) is 0 Å². The van der Waals surface area contributed by atoms with Gasteiger partial charge in [0.1, 0.15) is 5.56 Å². The number of nitrogens with zero attached hydrogens (tertiary/aromatic N) is 1. The second-order valence-corrected chi connectivity index (χ2v) is 4.34. The molecule has 0 saturated heterocycles. The van der Waals surface area contributed by atoms with Crippen molar-refractivity contribution >= 4 is 28.9 Å². The van der Waals surface area contributed by atoms with Gasteiger partial charge in [-0.05, 0) is 24.3 Å². The van der Waals surface area contributed by atoms with Gasteiger partial charge in [-0.25, -0.2) is 4.79 Å². The molecule has 2 rings (SSSR count). The van der Waals surface area contributed by atoms with Gasteiger partial charge < -0.3 is 16.2 Å². The van der Waals surface area contributed by atoms with E-state index in [1.807, 2.05) is 0 Å². The van der Waals surface area contributed by atoms with E-state index in [-0.39, 0.29) is 5.56 Å². The molecule has 8 nitrogen and oxygen atoms in total. The Kier molecular flexibility index (Phi) is 4.03. The van der Waals surface area contributed by atoms with Gasteiger partial charge in [0.05, 0.1) is 10.5 Å². The summed E-state index contributed by atoms with van der Waals surface area (Å²) in [4.78, 5) is 33.5. The van der Waals surface area contributed by atoms with Gasteiger partial charge in [0, 0.05) is 17.4 Å². The summed E-state index contributed by atoms with van der Waals surface area (Å²) < 4.78 is 0. The summed E-state index contributed by atoms with van der Waals surface area (Å²) in [5.74, 6) is -2.32. The molecule has 0 aliphatic rings. The molecule has 4 N–H and O–H groups in total. The lowest BCUT2D eigenvalue weighted by molar-refractivity contribution is -0.385. The van der Waals surface area contributed by atoms with Crippen molar-refractivity contribution in [3.8, 4) is 0 Å². The van der Waals surface area contributed by atoms with E-state index in [0.29, 0.717) is 11.4 Å². The third-order valence-corrected chi connectivity index (χ3v) is 2.84. The van der Waals surface area contributed by atoms with Gasteiger partial charge in [-0.3, -0.25) is 14.9 Å². The molecule has 0 atom stereocenters. The molecule has 0 aliphatic heterocycles. The first-order valence-electron chi connectivity index (χ1n) is 6.07. The largest absolute Gasteiger partial charge is 0.477 e. The van der Waals surface area contributed by atoms with Gasteiger partial charge in [0.2, 0.25) is 0 Å². The molecule has 0 radical (unpaired) electrons. The second kappa shape index (κ2) is 5.92. The molecule has 0 aromatic heterocycles. The number of benzene rings is 2. The van der Waals surface area contributed by atoms with Crippen molar-refractivity contribution in [2.45, 2.75) is 0 Å². The van der Waals surface area contributed by atoms with Gasteiger partial charge in [0.25, 0.3) is 11.6 Å². The minimum Gasteiger partial charge on any atom is -0.477 e. The normalized spacial score (nSPS) is 10.0. The predicted octanol–water partition coefficient (Wildman–Crippen LogP) is 2.13. The summed E-state index contributed by atoms with van der Waals surface area (Å²) in [7, 11) is 0. The smallest absolute Gasteiger partial charge is 0.343 e. The average Bonchev–Trinajstić information content (AvgIpc) is 2.46. The van der Waals surface area contributed by atoms with Gasteiger partial charge >= 0.3 is 5.97 Å². The van der Waals surface area contributed by atoms with Crippen molar-refractivity contribution in [1.82, 2.24) is 0 Å². The zero-order chi connectivity index (χ0) is 16.3. The predicted molar refractivity (Wildman–Crippen MR) is 78.9 cm³/mol. The van der Waals surface area contributed by atoms with Gasteiger partial charge in [0.15, 0.2) is 0 Å². The average molecular weight is 301 g/mol. The highest BCUT2D eigenvalue weighted by Crippen LogP contribution is 2.23. The van der Waals surface area contributed by atoms with Crippen molar-refractivity contribution in [2.24, 2.45) is 0 Å². The van der Waals surface area contributed by atoms with Crippen LogP contribution in [0, 0.1) is 10.1 Å². The SMILES string of the molecule is Nc1cccc(NC(=O)c2cccc([N+](=O)[O-])c2C(=O)O)c1. The van der Waals surface area contributed by atoms with Gasteiger partial charge in [-0.2, -0.15) is 0 Å². The number of hydrogen-bond donors (Lipinski definition) is 3. The summed E-state index contributed by atoms with van der Waals surface area (Å²) in [5.41, 5.74) is 4.74. The molecule has 0 heterocycles. The van der Waals surface area contributed by atoms with Crippen LogP contribution in [0.1, 0.15) is 20.7 Å². The summed E-state index contributed by atoms with van der Waals surface area (Å²) in [6.45, 7) is 0. The Morgan fingerprint density at radius 2 is 1.86 bits per heavy atom. The molecule has 0 saturated carbocycles. The third-order valence-electron chi connectivity index (χ3n) is 2.84. The Morgan fingerprint density at radius 1 is 1.18 bits per heavy atom. The first-order valence-corrected chi connectivity index (χ1v) is 6.07. The Morgan fingerprint density at radius 3 is 2.45 bits per heavy atom. The van der Waals surface area contributed by atoms with Crippen LogP contribution in [0.4, 0.5) is 17.1 Å². The molecule has 0 bridgehead atoms. The molecule has 2 aromatic carbocycles. The number of rotatable bonds is 4. The maximum atomic E-state index is 12.2. The number of amides is 1. The Balaban J connectivity index is 2.43. The zero-order valence-corrected chi connectivity index (χ0v) is 11.1. The van der Waals surface area contributed by atoms with Crippen LogP contribution in [0.3, 0.4) is 0 Å². The maximum absolute atomic E-state index is 12.2. The molecule has 1 amide bonds. The van der Waals surface area contributed by atoms with Crippen LogP contribution in [-0.4, -0.2) is 21.9 Å². The topological polar surface area (TPSA) is 136 Å². The van der Waals surface area contributed by atoms with E-state index >= 15 is 0 Å². The number of nitro groups is 1. The number of nitrogens with one attached hydrogen (secondary N) is 1. The number of nitrogens with two attached hydrogens (primary N) is 1. The minimum absolute atomic E-state index is 0.302. The molecule has 0 aliphatic carbocycles. The second-order valence-electron chi connectivity index (χ2n) is 4.34. The van der Waals surface area contributed by atoms with Gasteiger partial charge in [-0.15, -0.1) is 0 Å². The summed E-state index contributed by atoms with van der Waals surface area (Å²) in [6.07, 6.45) is 0. The van der Waals surface area contributed by atoms with Crippen molar-refractivity contribution < 1.29 is 19.6 Å². The van der Waals surface area contributed by atoms with E-state index in [2.05, 4.69) is 5.32 Å². The number of carboxylic acids is 1. The molecular formula is C14H11N3O5. The Hall–Kier alpha value is -3.42. The molecule has 0 spiro atoms. The highest BCUT2D eigenvalue weighted by molar-refractivity contribution is 6.12. The molecule has 22 heavy (non-hydrogen) atoms. The molecule has 112 valence electrons. The fraction of sp³-hybridized carbons (Fsp3) is 0. The molecule has 2 aromatic rings. The first kappa shape index (κ1) is 15.0. The standard InChI is InChI=1S/C14H11N3O5/c15-8-3-1-4-9(7-8)16-13(18)10-5-2-6-11(17(21)22)12(10)14(19)20/h1-7H,15H2,(H,16,18)(H,19,20). The quantitative estimate of drug-likeness (QED) is 0.449. The van der Waals surface area contributed by atoms with Crippen LogP contribution in [0.2, 0.25) is 0 Å². The number of carbonyl (C=O) groups is 2. The lowest BCUT2D eigenvalue weighted by Crippen LogP contribution is -2.17. The Labute approximate surface area is 124 Å². The highest BCUT2D eigenvalue weighted by Gasteiger charge is 2.26. The number of aromatic carboxylic acids is 1. The lowest BCUT2D eigenvalue weighted by atomic mass is 10.0. The fourth-order valence-corrected chi connectivity index (χ4v) is 1.92. The van der Waals surface area contributed by atoms with Crippen LogP contribution < -0.4 is 11.1 Å². The lowest BCUT2D eigenvalue weighted by Gasteiger charge is -2.08. The van der Waals surface area contributed by atoms with E-state index in [1.165, 1.54) is 18.2 Å². The van der Waals surface area contributed by atoms with Crippen molar-refractivity contribution in [3.05, 3.63) is 63.7 Å². The monoisotopic (exact) mass is 301 g/mol. The summed E-state index contributed by atoms with van der Waals surface area (Å²) in [6, 6.07) is 9.75. The number of anilines is 2. The van der Waals surface area contributed by atoms with Crippen LogP contribution in [-0.2, 0) is 0 Å². The van der Waals surface area contributed by atoms with Crippen LogP contribution >= 0.6 is 0 Å². The number of carboxylic acid groups (broad SMARTS) is 1. The molecule has 0 fully saturated rings. The van der Waals surface area contributed by atoms with Crippen molar-refractivity contribution in [2.75, 3.05) is 11.1 Å². The Bertz CT molecular complexity index is 773. The fourth-order valence-electron chi connectivity index (χ4n) is 1.92. The number of nitro benzene ring substituents is 1. The van der Waals surface area contributed by atoms with E-state index in [1.54, 1.807) is 18.2 Å². The summed E-state index contributed by atoms with van der Waals surface area (Å²) >= 11 is 0. The summed E-state index contributed by atoms with van der Waals surface area (Å²) in [5, 5.41) is 22.5. The maximum Gasteiger partial charge on any atom is 0.343 e. The molecule has 0 unspecified atom stereocenters. The van der Waals surface area contributed by atoms with Gasteiger partial charge in [-0.1, -0.05) is 12.1 Å². The van der Waals surface area contributed by atoms with Crippen LogP contribution in [0.25, 0.3) is 0 Å². The number of carbonyl (C=O) groups excluding carboxylic acids is 1. The first-order chi connectivity index (χ1) is 10.4. The number of nitrogen functional groups attached to an aromatic ring is 1. The third kappa shape index (κ3) is 3.01. The number of hydrogen-bond acceptors (Lipinski definition) is 5. The zero-order valence-electron chi connectivity index (χ0n) is 11.1. The van der Waals surface area contributed by atoms with E-state index < -0.39 is 28.1 Å².